The number of nitrogens with zero attached hydrogens (tertiary/aromatic N) is 2. The molecule has 15 heavy (non-hydrogen) atoms. The van der Waals surface area contributed by atoms with Crippen molar-refractivity contribution in [3.8, 4) is 0 Å². The fraction of sp³-hybridized carbons (Fsp3) is 0.273. The van der Waals surface area contributed by atoms with E-state index in [0.29, 0.717) is 0 Å². The lowest BCUT2D eigenvalue weighted by Crippen LogP contribution is -1.92. The number of hydrogen-bond donors (Lipinski definition) is 1. The van der Waals surface area contributed by atoms with Crippen LogP contribution in [-0.4, -0.2) is 9.97 Å². The molecular weight excluding hydrogens is 190 g/mol. The number of anilines is 1. The third-order valence-corrected chi connectivity index (χ3v) is 2.27. The number of pyridine rings is 1. The van der Waals surface area contributed by atoms with Gasteiger partial charge in [0.2, 0.25) is 0 Å². The quantitative estimate of drug-likeness (QED) is 0.825. The molecule has 0 spiro atoms. The summed E-state index contributed by atoms with van der Waals surface area (Å²) in [4.78, 5) is 8.07. The highest BCUT2D eigenvalue weighted by Gasteiger charge is 2.06. The number of nitrogens with two attached hydrogens (primary N) is 1. The van der Waals surface area contributed by atoms with Crippen molar-refractivity contribution in [1.82, 2.24) is 9.97 Å². The van der Waals surface area contributed by atoms with Crippen molar-refractivity contribution < 1.29 is 4.42 Å². The van der Waals surface area contributed by atoms with Gasteiger partial charge in [-0.25, -0.2) is 0 Å². The zero-order valence-corrected chi connectivity index (χ0v) is 8.60. The summed E-state index contributed by atoms with van der Waals surface area (Å²) in [5, 5.41) is 0. The second kappa shape index (κ2) is 4.13. The summed E-state index contributed by atoms with van der Waals surface area (Å²) < 4.78 is 5.28. The molecule has 78 valence electrons. The van der Waals surface area contributed by atoms with Gasteiger partial charge in [-0.05, 0) is 25.0 Å². The Bertz CT molecular complexity index is 436. The first kappa shape index (κ1) is 9.71. The van der Waals surface area contributed by atoms with E-state index in [1.165, 1.54) is 5.56 Å². The number of hydrogen-bond acceptors (Lipinski definition) is 4. The molecule has 0 fully saturated rings. The Labute approximate surface area is 88.2 Å². The highest BCUT2D eigenvalue weighted by atomic mass is 16.4. The van der Waals surface area contributed by atoms with Crippen LogP contribution in [0.2, 0.25) is 0 Å². The molecule has 4 nitrogen and oxygen atoms in total. The van der Waals surface area contributed by atoms with Gasteiger partial charge in [0, 0.05) is 18.8 Å². The predicted molar refractivity (Wildman–Crippen MR) is 57.3 cm³/mol. The molecule has 0 radical (unpaired) electrons. The summed E-state index contributed by atoms with van der Waals surface area (Å²) >= 11 is 0. The van der Waals surface area contributed by atoms with Crippen LogP contribution in [0.25, 0.3) is 0 Å². The third-order valence-electron chi connectivity index (χ3n) is 2.27. The Morgan fingerprint density at radius 1 is 1.40 bits per heavy atom. The van der Waals surface area contributed by atoms with Gasteiger partial charge in [-0.3, -0.25) is 4.98 Å². The Balaban J connectivity index is 2.02. The highest BCUT2D eigenvalue weighted by Crippen LogP contribution is 2.14. The van der Waals surface area contributed by atoms with E-state index >= 15 is 0 Å². The van der Waals surface area contributed by atoms with Crippen LogP contribution in [0, 0.1) is 6.92 Å². The topological polar surface area (TPSA) is 64.9 Å². The lowest BCUT2D eigenvalue weighted by atomic mass is 10.1. The fourth-order valence-corrected chi connectivity index (χ4v) is 1.49. The zero-order chi connectivity index (χ0) is 10.7. The van der Waals surface area contributed by atoms with Crippen molar-refractivity contribution >= 4 is 6.01 Å². The van der Waals surface area contributed by atoms with Crippen molar-refractivity contribution in [2.45, 2.75) is 19.8 Å². The Morgan fingerprint density at radius 3 is 2.87 bits per heavy atom. The minimum atomic E-state index is 0.244. The van der Waals surface area contributed by atoms with Gasteiger partial charge in [0.1, 0.15) is 5.76 Å². The smallest absolute Gasteiger partial charge is 0.292 e. The molecular formula is C11H13N3O. The van der Waals surface area contributed by atoms with Gasteiger partial charge in [-0.1, -0.05) is 6.07 Å². The lowest BCUT2D eigenvalue weighted by Gasteiger charge is -1.98. The molecule has 0 amide bonds. The maximum Gasteiger partial charge on any atom is 0.292 e. The van der Waals surface area contributed by atoms with E-state index < -0.39 is 0 Å². The molecule has 2 rings (SSSR count). The Morgan fingerprint density at radius 2 is 2.27 bits per heavy atom. The summed E-state index contributed by atoms with van der Waals surface area (Å²) in [6, 6.07) is 4.22. The van der Waals surface area contributed by atoms with Crippen LogP contribution < -0.4 is 5.73 Å². The molecule has 0 aliphatic rings. The summed E-state index contributed by atoms with van der Waals surface area (Å²) in [5.74, 6) is 0.858. The molecule has 2 aromatic heterocycles. The first-order valence-electron chi connectivity index (χ1n) is 4.86. The average Bonchev–Trinajstić information content (AvgIpc) is 2.56. The lowest BCUT2D eigenvalue weighted by molar-refractivity contribution is 0.519. The summed E-state index contributed by atoms with van der Waals surface area (Å²) in [6.45, 7) is 1.90. The molecule has 0 unspecified atom stereocenters. The van der Waals surface area contributed by atoms with Crippen LogP contribution in [0.15, 0.2) is 28.9 Å². The summed E-state index contributed by atoms with van der Waals surface area (Å²) in [7, 11) is 0. The van der Waals surface area contributed by atoms with Crippen molar-refractivity contribution in [2.75, 3.05) is 5.73 Å². The van der Waals surface area contributed by atoms with Crippen molar-refractivity contribution in [3.05, 3.63) is 41.5 Å². The molecule has 0 saturated heterocycles. The molecule has 2 aromatic rings. The van der Waals surface area contributed by atoms with Crippen LogP contribution in [-0.2, 0) is 12.8 Å². The fourth-order valence-electron chi connectivity index (χ4n) is 1.49. The highest BCUT2D eigenvalue weighted by molar-refractivity contribution is 5.20. The van der Waals surface area contributed by atoms with Gasteiger partial charge >= 0.3 is 0 Å². The standard InChI is InChI=1S/C11H13N3O/c1-8-10(15-11(12)14-8)5-4-9-3-2-6-13-7-9/h2-3,6-7H,4-5H2,1H3,(H2,12,14). The van der Waals surface area contributed by atoms with Gasteiger partial charge in [0.15, 0.2) is 0 Å². The molecule has 2 N–H and O–H groups in total. The van der Waals surface area contributed by atoms with Crippen molar-refractivity contribution in [2.24, 2.45) is 0 Å². The number of aromatic nitrogens is 2. The van der Waals surface area contributed by atoms with Gasteiger partial charge < -0.3 is 10.2 Å². The van der Waals surface area contributed by atoms with E-state index in [9.17, 15) is 0 Å². The van der Waals surface area contributed by atoms with E-state index in [1.807, 2.05) is 25.3 Å². The molecule has 0 bridgehead atoms. The minimum absolute atomic E-state index is 0.244. The maximum absolute atomic E-state index is 5.46. The average molecular weight is 203 g/mol. The van der Waals surface area contributed by atoms with E-state index in [2.05, 4.69) is 9.97 Å². The predicted octanol–water partition coefficient (Wildman–Crippen LogP) is 1.75. The number of oxazole rings is 1. The third kappa shape index (κ3) is 2.34. The maximum atomic E-state index is 5.46. The van der Waals surface area contributed by atoms with E-state index in [-0.39, 0.29) is 6.01 Å². The minimum Gasteiger partial charge on any atom is -0.429 e. The molecule has 0 aromatic carbocycles. The first-order chi connectivity index (χ1) is 7.25. The van der Waals surface area contributed by atoms with Crippen LogP contribution in [0.5, 0.6) is 0 Å². The van der Waals surface area contributed by atoms with Crippen molar-refractivity contribution in [3.63, 3.8) is 0 Å². The van der Waals surface area contributed by atoms with Crippen LogP contribution >= 0.6 is 0 Å². The SMILES string of the molecule is Cc1nc(N)oc1CCc1cccnc1. The Kier molecular flexibility index (Phi) is 2.67. The molecule has 0 saturated carbocycles. The molecule has 4 heteroatoms. The van der Waals surface area contributed by atoms with Crippen LogP contribution in [0.3, 0.4) is 0 Å². The molecule has 0 aliphatic carbocycles. The number of nitrogen functional groups attached to an aromatic ring is 1. The van der Waals surface area contributed by atoms with E-state index in [0.717, 1.165) is 24.3 Å². The van der Waals surface area contributed by atoms with E-state index in [1.54, 1.807) is 6.20 Å². The molecule has 0 atom stereocenters. The second-order valence-corrected chi connectivity index (χ2v) is 3.42. The Hall–Kier alpha value is -1.84. The monoisotopic (exact) mass is 203 g/mol. The van der Waals surface area contributed by atoms with Crippen LogP contribution in [0.1, 0.15) is 17.0 Å². The molecule has 2 heterocycles. The van der Waals surface area contributed by atoms with E-state index in [4.69, 9.17) is 10.2 Å². The summed E-state index contributed by atoms with van der Waals surface area (Å²) in [5.41, 5.74) is 7.52. The second-order valence-electron chi connectivity index (χ2n) is 3.42. The van der Waals surface area contributed by atoms with Gasteiger partial charge in [-0.2, -0.15) is 4.98 Å². The molecule has 0 aliphatic heterocycles. The van der Waals surface area contributed by atoms with Gasteiger partial charge in [0.25, 0.3) is 6.01 Å². The first-order valence-corrected chi connectivity index (χ1v) is 4.86. The largest absolute Gasteiger partial charge is 0.429 e. The normalized spacial score (nSPS) is 10.5. The number of aryl methyl sites for hydroxylation is 3. The summed E-state index contributed by atoms with van der Waals surface area (Å²) in [6.07, 6.45) is 5.32. The van der Waals surface area contributed by atoms with Gasteiger partial charge in [-0.15, -0.1) is 0 Å². The van der Waals surface area contributed by atoms with Crippen LogP contribution in [0.4, 0.5) is 6.01 Å². The van der Waals surface area contributed by atoms with Gasteiger partial charge in [0.05, 0.1) is 5.69 Å². The zero-order valence-electron chi connectivity index (χ0n) is 8.60. The number of rotatable bonds is 3. The van der Waals surface area contributed by atoms with Crippen molar-refractivity contribution in [1.29, 1.82) is 0 Å².